The van der Waals surface area contributed by atoms with Crippen LogP contribution in [0.3, 0.4) is 0 Å². The minimum atomic E-state index is -4.43. The Morgan fingerprint density at radius 1 is 0.653 bits per heavy atom. The van der Waals surface area contributed by atoms with E-state index in [1.54, 1.807) is 38.1 Å². The molecule has 0 aromatic heterocycles. The Bertz CT molecular complexity index is 2710. The molecule has 2 unspecified atom stereocenters. The van der Waals surface area contributed by atoms with Gasteiger partial charge in [0, 0.05) is 27.5 Å². The molecule has 3 aromatic rings. The summed E-state index contributed by atoms with van der Waals surface area (Å²) < 4.78 is 108. The van der Waals surface area contributed by atoms with E-state index in [2.05, 4.69) is 5.32 Å². The van der Waals surface area contributed by atoms with Crippen molar-refractivity contribution in [3.63, 3.8) is 0 Å². The number of carbonyl (C=O) groups is 6. The van der Waals surface area contributed by atoms with Crippen LogP contribution in [0.1, 0.15) is 57.9 Å². The van der Waals surface area contributed by atoms with Crippen LogP contribution in [0.15, 0.2) is 90.0 Å². The van der Waals surface area contributed by atoms with Crippen molar-refractivity contribution in [2.45, 2.75) is 69.5 Å². The third kappa shape index (κ3) is 20.3. The molecule has 0 fully saturated rings. The number of carboxylic acid groups (broad SMARTS) is 1. The Morgan fingerprint density at radius 3 is 1.45 bits per heavy atom. The number of benzene rings is 3. The van der Waals surface area contributed by atoms with Crippen LogP contribution in [0.25, 0.3) is 0 Å². The fourth-order valence-corrected chi connectivity index (χ4v) is 11.3. The maximum Gasteiger partial charge on any atom is 0.409 e. The average molecular weight is 1230 g/mol. The maximum atomic E-state index is 13.8. The van der Waals surface area contributed by atoms with Gasteiger partial charge in [-0.15, -0.1) is 0 Å². The summed E-state index contributed by atoms with van der Waals surface area (Å²) in [4.78, 5) is 71.5. The smallest absolute Gasteiger partial charge is 0.409 e. The number of hydrogen-bond acceptors (Lipinski definition) is 16. The molecule has 418 valence electrons. The molecule has 3 aromatic carbocycles. The van der Waals surface area contributed by atoms with Gasteiger partial charge in [-0.3, -0.25) is 9.59 Å². The van der Waals surface area contributed by atoms with Crippen molar-refractivity contribution in [3.8, 4) is 0 Å². The largest absolute Gasteiger partial charge is 0.480 e. The number of carboxylic acids is 1. The minimum Gasteiger partial charge on any atom is -0.480 e. The van der Waals surface area contributed by atoms with Gasteiger partial charge in [0.2, 0.25) is 20.0 Å². The van der Waals surface area contributed by atoms with Crippen LogP contribution in [-0.2, 0) is 89.9 Å². The van der Waals surface area contributed by atoms with Crippen molar-refractivity contribution < 1.29 is 109 Å². The van der Waals surface area contributed by atoms with E-state index in [1.807, 2.05) is 11.4 Å². The first kappa shape index (κ1) is 67.1. The summed E-state index contributed by atoms with van der Waals surface area (Å²) in [7, 11) is -7.85. The Kier molecular flexibility index (Phi) is 29.7. The SMILES string of the molecule is CCOC(=O)C1=CCCCC1S(=O)(=O)N(COC(=O)NCC(=O)O)c1ccc(F)cc1Cl.CCOC(=O)C1=CCCCC1S(=O)(=O)N(COC(=O)NCC(=O)OCc1ccccc1)c1ccc(F)cc1Cl.CO.[CH3-].[Pd]. The van der Waals surface area contributed by atoms with E-state index in [4.69, 9.17) is 57.1 Å². The molecule has 0 aliphatic heterocycles. The van der Waals surface area contributed by atoms with E-state index in [0.717, 1.165) is 49.1 Å². The van der Waals surface area contributed by atoms with E-state index >= 15 is 0 Å². The first-order valence-corrected chi connectivity index (χ1v) is 25.8. The van der Waals surface area contributed by atoms with Gasteiger partial charge < -0.3 is 52.0 Å². The molecule has 21 nitrogen and oxygen atoms in total. The Balaban J connectivity index is 0.000000720. The number of carbonyl (C=O) groups excluding carboxylic acids is 5. The van der Waals surface area contributed by atoms with Gasteiger partial charge in [-0.05, 0) is 94.3 Å². The predicted octanol–water partition coefficient (Wildman–Crippen LogP) is 6.57. The van der Waals surface area contributed by atoms with Gasteiger partial charge in [0.1, 0.15) is 41.8 Å². The van der Waals surface area contributed by atoms with Crippen LogP contribution in [0.5, 0.6) is 0 Å². The molecular weight excluding hydrogens is 1170 g/mol. The third-order valence-corrected chi connectivity index (χ3v) is 15.0. The van der Waals surface area contributed by atoms with Gasteiger partial charge in [-0.25, -0.2) is 53.4 Å². The molecular formula is C47H57Cl2F2N4O17PdS2-. The van der Waals surface area contributed by atoms with E-state index in [9.17, 15) is 54.4 Å². The molecule has 0 bridgehead atoms. The number of hydrogen-bond donors (Lipinski definition) is 4. The Morgan fingerprint density at radius 2 is 1.07 bits per heavy atom. The third-order valence-electron chi connectivity index (χ3n) is 10.1. The van der Waals surface area contributed by atoms with Gasteiger partial charge >= 0.3 is 36.1 Å². The van der Waals surface area contributed by atoms with Crippen LogP contribution < -0.4 is 19.2 Å². The van der Waals surface area contributed by atoms with Crippen LogP contribution in [0.2, 0.25) is 10.0 Å². The standard InChI is InChI=1S/C26H28ClFN2O8S.C19H22ClFN2O8S.CH4O.CH3.Pd/c1-2-36-25(32)20-10-6-7-11-23(20)39(34,35)30(22-13-12-19(28)14-21(22)27)17-38-26(33)29-15-24(31)37-16-18-8-4-3-5-9-18;1-2-30-18(26)13-5-3-4-6-16(13)32(28,29)23(11-31-19(27)22-10-17(24)25)15-8-7-12(21)9-14(15)20;1-2;;/h3-5,8-10,12-14,23H,2,6-7,11,15-17H2,1H3,(H,29,33);5,7-9,16H,2-4,6,10-11H2,1H3,(H,22,27)(H,24,25);2H,1H3;1H3;/q;;;-1;. The number of halogens is 4. The number of aliphatic hydroxyl groups excluding tert-OH is 1. The van der Waals surface area contributed by atoms with E-state index in [-0.39, 0.29) is 93.1 Å². The van der Waals surface area contributed by atoms with E-state index < -0.39 is 105 Å². The zero-order valence-electron chi connectivity index (χ0n) is 40.9. The van der Waals surface area contributed by atoms with Crippen LogP contribution in [0, 0.1) is 19.1 Å². The van der Waals surface area contributed by atoms with Crippen LogP contribution >= 0.6 is 23.2 Å². The number of anilines is 2. The molecule has 0 saturated heterocycles. The number of nitrogens with one attached hydrogen (secondary N) is 2. The number of sulfonamides is 2. The number of amides is 2. The first-order chi connectivity index (χ1) is 34.7. The van der Waals surface area contributed by atoms with Gasteiger partial charge in [0.25, 0.3) is 0 Å². The molecule has 0 heterocycles. The average Bonchev–Trinajstić information content (AvgIpc) is 3.36. The minimum absolute atomic E-state index is 0. The van der Waals surface area contributed by atoms with Crippen molar-refractivity contribution in [1.29, 1.82) is 0 Å². The number of esters is 3. The second-order valence-corrected chi connectivity index (χ2v) is 19.8. The summed E-state index contributed by atoms with van der Waals surface area (Å²) in [6, 6.07) is 14.9. The quantitative estimate of drug-likeness (QED) is 0.0306. The molecule has 5 rings (SSSR count). The summed E-state index contributed by atoms with van der Waals surface area (Å²) in [5, 5.41) is 16.6. The molecule has 2 atom stereocenters. The number of alkyl carbamates (subject to hydrolysis) is 2. The molecule has 0 radical (unpaired) electrons. The van der Waals surface area contributed by atoms with Crippen molar-refractivity contribution >= 4 is 90.7 Å². The molecule has 0 saturated carbocycles. The molecule has 75 heavy (non-hydrogen) atoms. The Hall–Kier alpha value is -5.88. The zero-order chi connectivity index (χ0) is 54.3. The molecule has 28 heteroatoms. The second kappa shape index (κ2) is 33.2. The molecule has 2 aliphatic carbocycles. The summed E-state index contributed by atoms with van der Waals surface area (Å²) in [5.74, 6) is -5.07. The van der Waals surface area contributed by atoms with E-state index in [1.165, 1.54) is 12.2 Å². The fourth-order valence-electron chi connectivity index (χ4n) is 6.82. The summed E-state index contributed by atoms with van der Waals surface area (Å²) in [6.45, 7) is 0.227. The first-order valence-electron chi connectivity index (χ1n) is 22.1. The Labute approximate surface area is 457 Å². The number of allylic oxidation sites excluding steroid dienone is 2. The molecule has 2 aliphatic rings. The molecule has 4 N–H and O–H groups in total. The number of nitrogens with zero attached hydrogens (tertiary/aromatic N) is 2. The van der Waals surface area contributed by atoms with Crippen molar-refractivity contribution in [2.75, 3.05) is 55.5 Å². The maximum absolute atomic E-state index is 13.8. The number of aliphatic carboxylic acids is 1. The van der Waals surface area contributed by atoms with Crippen LogP contribution in [0.4, 0.5) is 29.7 Å². The predicted molar refractivity (Wildman–Crippen MR) is 267 cm³/mol. The molecule has 2 amide bonds. The van der Waals surface area contributed by atoms with Gasteiger partial charge in [-0.1, -0.05) is 65.7 Å². The van der Waals surface area contributed by atoms with Crippen molar-refractivity contribution in [3.05, 3.63) is 125 Å². The van der Waals surface area contributed by atoms with Gasteiger partial charge in [-0.2, -0.15) is 0 Å². The number of ether oxygens (including phenoxy) is 5. The summed E-state index contributed by atoms with van der Waals surface area (Å²) >= 11 is 12.2. The molecule has 0 spiro atoms. The number of rotatable bonds is 20. The number of aliphatic hydroxyl groups is 1. The van der Waals surface area contributed by atoms with E-state index in [0.29, 0.717) is 34.3 Å². The summed E-state index contributed by atoms with van der Waals surface area (Å²) in [5.41, 5.74) is 0.299. The summed E-state index contributed by atoms with van der Waals surface area (Å²) in [6.07, 6.45) is 2.77. The van der Waals surface area contributed by atoms with Crippen molar-refractivity contribution in [1.82, 2.24) is 10.6 Å². The van der Waals surface area contributed by atoms with Gasteiger partial charge in [0.05, 0.1) is 45.8 Å². The fraction of sp³-hybridized carbons (Fsp3) is 0.383. The van der Waals surface area contributed by atoms with Crippen LogP contribution in [-0.4, -0.2) is 120 Å². The second-order valence-electron chi connectivity index (χ2n) is 14.9. The van der Waals surface area contributed by atoms with Gasteiger partial charge in [0.15, 0.2) is 13.5 Å². The van der Waals surface area contributed by atoms with Crippen molar-refractivity contribution in [2.24, 2.45) is 0 Å². The topological polar surface area (TPSA) is 288 Å². The zero-order valence-corrected chi connectivity index (χ0v) is 45.6. The monoisotopic (exact) mass is 1230 g/mol. The normalized spacial score (nSPS) is 14.7.